The second-order valence-corrected chi connectivity index (χ2v) is 3.65. The topological polar surface area (TPSA) is 68.4 Å². The van der Waals surface area contributed by atoms with Crippen LogP contribution in [0, 0.1) is 11.6 Å². The Morgan fingerprint density at radius 1 is 1.32 bits per heavy atom. The summed E-state index contributed by atoms with van der Waals surface area (Å²) in [6.45, 7) is 0. The maximum atomic E-state index is 13.5. The molecule has 0 aliphatic heterocycles. The van der Waals surface area contributed by atoms with Crippen LogP contribution in [0.5, 0.6) is 5.75 Å². The Hall–Kier alpha value is -2.44. The highest BCUT2D eigenvalue weighted by molar-refractivity contribution is 5.94. The van der Waals surface area contributed by atoms with Gasteiger partial charge in [-0.1, -0.05) is 0 Å². The van der Waals surface area contributed by atoms with Crippen LogP contribution >= 0.6 is 0 Å². The SMILES string of the molecule is COC(=O)c1c[nH]c2c(OC)c(F)c(F)cc2c1=O. The third kappa shape index (κ3) is 1.92. The molecule has 100 valence electrons. The molecule has 0 bridgehead atoms. The minimum Gasteiger partial charge on any atom is -0.491 e. The van der Waals surface area contributed by atoms with Crippen molar-refractivity contribution < 1.29 is 23.0 Å². The van der Waals surface area contributed by atoms with Gasteiger partial charge < -0.3 is 14.5 Å². The van der Waals surface area contributed by atoms with E-state index in [1.807, 2.05) is 0 Å². The lowest BCUT2D eigenvalue weighted by atomic mass is 10.1. The highest BCUT2D eigenvalue weighted by Gasteiger charge is 2.20. The number of benzene rings is 1. The van der Waals surface area contributed by atoms with Crippen LogP contribution in [0.2, 0.25) is 0 Å². The van der Waals surface area contributed by atoms with Gasteiger partial charge >= 0.3 is 5.97 Å². The summed E-state index contributed by atoms with van der Waals surface area (Å²) < 4.78 is 36.0. The molecule has 1 aromatic heterocycles. The summed E-state index contributed by atoms with van der Waals surface area (Å²) in [7, 11) is 2.25. The van der Waals surface area contributed by atoms with Gasteiger partial charge in [-0.3, -0.25) is 4.79 Å². The molecule has 19 heavy (non-hydrogen) atoms. The average molecular weight is 269 g/mol. The fourth-order valence-electron chi connectivity index (χ4n) is 1.73. The molecule has 0 spiro atoms. The summed E-state index contributed by atoms with van der Waals surface area (Å²) in [5, 5.41) is -0.196. The van der Waals surface area contributed by atoms with Crippen LogP contribution in [0.4, 0.5) is 8.78 Å². The van der Waals surface area contributed by atoms with E-state index in [4.69, 9.17) is 4.74 Å². The number of H-pyrrole nitrogens is 1. The molecular formula is C12H9F2NO4. The summed E-state index contributed by atoms with van der Waals surface area (Å²) >= 11 is 0. The summed E-state index contributed by atoms with van der Waals surface area (Å²) in [6.07, 6.45) is 1.07. The van der Waals surface area contributed by atoms with E-state index in [0.29, 0.717) is 6.07 Å². The molecule has 0 aliphatic rings. The van der Waals surface area contributed by atoms with Gasteiger partial charge in [0.2, 0.25) is 11.2 Å². The smallest absolute Gasteiger partial charge is 0.343 e. The first-order chi connectivity index (χ1) is 9.01. The molecule has 0 radical (unpaired) electrons. The monoisotopic (exact) mass is 269 g/mol. The van der Waals surface area contributed by atoms with Crippen molar-refractivity contribution in [2.24, 2.45) is 0 Å². The van der Waals surface area contributed by atoms with Gasteiger partial charge in [-0.05, 0) is 6.07 Å². The lowest BCUT2D eigenvalue weighted by Gasteiger charge is -2.08. The molecule has 7 heteroatoms. The normalized spacial score (nSPS) is 10.5. The Kier molecular flexibility index (Phi) is 3.20. The number of nitrogens with one attached hydrogen (secondary N) is 1. The number of esters is 1. The molecule has 0 fully saturated rings. The fraction of sp³-hybridized carbons (Fsp3) is 0.167. The van der Waals surface area contributed by atoms with E-state index in [-0.39, 0.29) is 16.5 Å². The largest absolute Gasteiger partial charge is 0.491 e. The molecule has 1 aromatic carbocycles. The van der Waals surface area contributed by atoms with Gasteiger partial charge in [0.05, 0.1) is 25.1 Å². The number of halogens is 2. The van der Waals surface area contributed by atoms with Gasteiger partial charge in [0.15, 0.2) is 11.6 Å². The Labute approximate surface area is 105 Å². The number of aromatic nitrogens is 1. The number of hydrogen-bond donors (Lipinski definition) is 1. The molecule has 2 rings (SSSR count). The van der Waals surface area contributed by atoms with Crippen molar-refractivity contribution >= 4 is 16.9 Å². The first-order valence-electron chi connectivity index (χ1n) is 5.17. The van der Waals surface area contributed by atoms with E-state index in [1.54, 1.807) is 0 Å². The summed E-state index contributed by atoms with van der Waals surface area (Å²) in [6, 6.07) is 0.707. The number of carbonyl (C=O) groups is 1. The van der Waals surface area contributed by atoms with Gasteiger partial charge in [-0.15, -0.1) is 0 Å². The van der Waals surface area contributed by atoms with Gasteiger partial charge in [0.25, 0.3) is 0 Å². The second-order valence-electron chi connectivity index (χ2n) is 3.65. The first kappa shape index (κ1) is 13.0. The van der Waals surface area contributed by atoms with Crippen molar-refractivity contribution in [2.45, 2.75) is 0 Å². The van der Waals surface area contributed by atoms with Crippen LogP contribution in [-0.2, 0) is 4.74 Å². The van der Waals surface area contributed by atoms with Gasteiger partial charge in [0.1, 0.15) is 5.56 Å². The Morgan fingerprint density at radius 2 is 2.00 bits per heavy atom. The van der Waals surface area contributed by atoms with E-state index in [9.17, 15) is 18.4 Å². The average Bonchev–Trinajstić information content (AvgIpc) is 2.41. The second kappa shape index (κ2) is 4.68. The number of carbonyl (C=O) groups excluding carboxylic acids is 1. The minimum atomic E-state index is -1.24. The number of ether oxygens (including phenoxy) is 2. The number of methoxy groups -OCH3 is 2. The maximum Gasteiger partial charge on any atom is 0.343 e. The van der Waals surface area contributed by atoms with Crippen molar-refractivity contribution in [3.8, 4) is 5.75 Å². The zero-order valence-electron chi connectivity index (χ0n) is 10.0. The zero-order valence-corrected chi connectivity index (χ0v) is 10.0. The van der Waals surface area contributed by atoms with Crippen LogP contribution in [0.25, 0.3) is 10.9 Å². The zero-order chi connectivity index (χ0) is 14.2. The van der Waals surface area contributed by atoms with E-state index in [0.717, 1.165) is 20.4 Å². The Bertz CT molecular complexity index is 724. The fourth-order valence-corrected chi connectivity index (χ4v) is 1.73. The molecule has 0 atom stereocenters. The molecule has 1 N–H and O–H groups in total. The number of rotatable bonds is 2. The molecule has 5 nitrogen and oxygen atoms in total. The third-order valence-electron chi connectivity index (χ3n) is 2.64. The van der Waals surface area contributed by atoms with Crippen LogP contribution in [0.1, 0.15) is 10.4 Å². The molecule has 0 unspecified atom stereocenters. The highest BCUT2D eigenvalue weighted by atomic mass is 19.2. The van der Waals surface area contributed by atoms with Crippen LogP contribution in [0.15, 0.2) is 17.1 Å². The Morgan fingerprint density at radius 3 is 2.58 bits per heavy atom. The van der Waals surface area contributed by atoms with E-state index in [1.165, 1.54) is 0 Å². The molecule has 0 saturated heterocycles. The quantitative estimate of drug-likeness (QED) is 0.841. The molecule has 0 amide bonds. The predicted molar refractivity (Wildman–Crippen MR) is 62.4 cm³/mol. The van der Waals surface area contributed by atoms with Gasteiger partial charge in [-0.25, -0.2) is 9.18 Å². The first-order valence-corrected chi connectivity index (χ1v) is 5.17. The van der Waals surface area contributed by atoms with Gasteiger partial charge in [-0.2, -0.15) is 4.39 Å². The molecule has 0 saturated carbocycles. The van der Waals surface area contributed by atoms with Crippen molar-refractivity contribution in [2.75, 3.05) is 14.2 Å². The van der Waals surface area contributed by atoms with Crippen LogP contribution in [-0.4, -0.2) is 25.2 Å². The molecular weight excluding hydrogens is 260 g/mol. The molecule has 1 heterocycles. The van der Waals surface area contributed by atoms with Gasteiger partial charge in [0, 0.05) is 6.20 Å². The van der Waals surface area contributed by atoms with Crippen LogP contribution < -0.4 is 10.2 Å². The molecule has 2 aromatic rings. The Balaban J connectivity index is 2.89. The number of fused-ring (bicyclic) bond motifs is 1. The molecule has 0 aliphatic carbocycles. The van der Waals surface area contributed by atoms with E-state index in [2.05, 4.69) is 9.72 Å². The van der Waals surface area contributed by atoms with Crippen molar-refractivity contribution in [3.63, 3.8) is 0 Å². The summed E-state index contributed by atoms with van der Waals surface area (Å²) in [5.74, 6) is -3.75. The minimum absolute atomic E-state index is 0.0287. The standard InChI is InChI=1S/C12H9F2NO4/c1-18-11-8(14)7(13)3-5-9(11)15-4-6(10(5)16)12(17)19-2/h3-4H,1-2H3,(H,15,16). The predicted octanol–water partition coefficient (Wildman–Crippen LogP) is 1.60. The number of hydrogen-bond acceptors (Lipinski definition) is 4. The summed E-state index contributed by atoms with van der Waals surface area (Å²) in [4.78, 5) is 25.9. The maximum absolute atomic E-state index is 13.5. The third-order valence-corrected chi connectivity index (χ3v) is 2.64. The van der Waals surface area contributed by atoms with Crippen molar-refractivity contribution in [3.05, 3.63) is 39.7 Å². The van der Waals surface area contributed by atoms with Crippen LogP contribution in [0.3, 0.4) is 0 Å². The number of pyridine rings is 1. The number of aromatic amines is 1. The highest BCUT2D eigenvalue weighted by Crippen LogP contribution is 2.27. The summed E-state index contributed by atoms with van der Waals surface area (Å²) in [5.41, 5.74) is -1.10. The van der Waals surface area contributed by atoms with Crippen molar-refractivity contribution in [1.82, 2.24) is 4.98 Å². The van der Waals surface area contributed by atoms with E-state index < -0.39 is 28.8 Å². The lowest BCUT2D eigenvalue weighted by molar-refractivity contribution is 0.0599. The van der Waals surface area contributed by atoms with Crippen molar-refractivity contribution in [1.29, 1.82) is 0 Å². The van der Waals surface area contributed by atoms with E-state index >= 15 is 0 Å². The lowest BCUT2D eigenvalue weighted by Crippen LogP contribution is -2.17.